The Bertz CT molecular complexity index is 664. The molecule has 134 valence electrons. The summed E-state index contributed by atoms with van der Waals surface area (Å²) in [6.45, 7) is 1.22. The van der Waals surface area contributed by atoms with Crippen LogP contribution in [0.3, 0.4) is 0 Å². The third kappa shape index (κ3) is 7.03. The Balaban J connectivity index is 1.74. The Hall–Kier alpha value is -2.24. The highest BCUT2D eigenvalue weighted by Crippen LogP contribution is 2.26. The molecule has 0 fully saturated rings. The van der Waals surface area contributed by atoms with Gasteiger partial charge in [0.25, 0.3) is 0 Å². The lowest BCUT2D eigenvalue weighted by Crippen LogP contribution is -2.29. The molecule has 2 aromatic rings. The third-order valence-corrected chi connectivity index (χ3v) is 3.69. The Morgan fingerprint density at radius 3 is 2.56 bits per heavy atom. The lowest BCUT2D eigenvalue weighted by Gasteiger charge is -2.11. The van der Waals surface area contributed by atoms with E-state index in [1.807, 2.05) is 36.4 Å². The first kappa shape index (κ1) is 19.1. The molecule has 5 nitrogen and oxygen atoms in total. The van der Waals surface area contributed by atoms with Crippen LogP contribution in [0.15, 0.2) is 48.5 Å². The van der Waals surface area contributed by atoms with Crippen molar-refractivity contribution < 1.29 is 19.0 Å². The maximum Gasteiger partial charge on any atom is 0.407 e. The molecule has 0 saturated heterocycles. The zero-order chi connectivity index (χ0) is 17.9. The Kier molecular flexibility index (Phi) is 8.09. The molecule has 0 spiro atoms. The summed E-state index contributed by atoms with van der Waals surface area (Å²) < 4.78 is 15.3. The van der Waals surface area contributed by atoms with E-state index in [9.17, 15) is 4.79 Å². The van der Waals surface area contributed by atoms with Gasteiger partial charge in [0.2, 0.25) is 0 Å². The molecule has 0 bridgehead atoms. The average molecular weight is 364 g/mol. The molecule has 2 aromatic carbocycles. The predicted octanol–water partition coefficient (Wildman–Crippen LogP) is 3.68. The zero-order valence-electron chi connectivity index (χ0n) is 14.2. The standard InChI is InChI=1S/C19H22ClNO4/c1-23-11-12-25-19(22)21-9-10-24-18-8-7-16(14-17(18)20)13-15-5-3-2-4-6-15/h2-8,14H,9-13H2,1H3,(H,21,22). The first-order chi connectivity index (χ1) is 12.2. The number of halogens is 1. The summed E-state index contributed by atoms with van der Waals surface area (Å²) >= 11 is 6.27. The minimum absolute atomic E-state index is 0.220. The molecule has 0 aromatic heterocycles. The maximum absolute atomic E-state index is 11.3. The maximum atomic E-state index is 11.3. The van der Waals surface area contributed by atoms with Crippen molar-refractivity contribution in [2.75, 3.05) is 33.5 Å². The fraction of sp³-hybridized carbons (Fsp3) is 0.316. The highest BCUT2D eigenvalue weighted by molar-refractivity contribution is 6.32. The summed E-state index contributed by atoms with van der Waals surface area (Å²) in [6.07, 6.45) is 0.320. The van der Waals surface area contributed by atoms with Crippen LogP contribution in [-0.2, 0) is 15.9 Å². The van der Waals surface area contributed by atoms with Gasteiger partial charge < -0.3 is 19.5 Å². The first-order valence-electron chi connectivity index (χ1n) is 8.04. The van der Waals surface area contributed by atoms with Crippen LogP contribution in [0.4, 0.5) is 4.79 Å². The number of benzene rings is 2. The van der Waals surface area contributed by atoms with Gasteiger partial charge in [-0.1, -0.05) is 48.0 Å². The summed E-state index contributed by atoms with van der Waals surface area (Å²) in [6, 6.07) is 15.9. The van der Waals surface area contributed by atoms with Crippen LogP contribution < -0.4 is 10.1 Å². The van der Waals surface area contributed by atoms with Gasteiger partial charge in [-0.2, -0.15) is 0 Å². The minimum atomic E-state index is -0.495. The predicted molar refractivity (Wildman–Crippen MR) is 97.4 cm³/mol. The number of ether oxygens (including phenoxy) is 3. The number of hydrogen-bond acceptors (Lipinski definition) is 4. The number of methoxy groups -OCH3 is 1. The molecule has 2 rings (SSSR count). The van der Waals surface area contributed by atoms with E-state index in [1.54, 1.807) is 7.11 Å². The molecular weight excluding hydrogens is 342 g/mol. The van der Waals surface area contributed by atoms with Crippen molar-refractivity contribution >= 4 is 17.7 Å². The number of amides is 1. The normalized spacial score (nSPS) is 10.3. The topological polar surface area (TPSA) is 56.8 Å². The minimum Gasteiger partial charge on any atom is -0.490 e. The summed E-state index contributed by atoms with van der Waals surface area (Å²) in [7, 11) is 1.55. The summed E-state index contributed by atoms with van der Waals surface area (Å²) in [5.41, 5.74) is 2.34. The fourth-order valence-electron chi connectivity index (χ4n) is 2.19. The van der Waals surface area contributed by atoms with Crippen molar-refractivity contribution in [3.05, 3.63) is 64.7 Å². The monoisotopic (exact) mass is 363 g/mol. The lowest BCUT2D eigenvalue weighted by molar-refractivity contribution is 0.0978. The van der Waals surface area contributed by atoms with Gasteiger partial charge in [0, 0.05) is 7.11 Å². The molecule has 0 saturated carbocycles. The molecule has 25 heavy (non-hydrogen) atoms. The van der Waals surface area contributed by atoms with E-state index in [0.717, 1.165) is 12.0 Å². The molecule has 0 unspecified atom stereocenters. The van der Waals surface area contributed by atoms with E-state index >= 15 is 0 Å². The van der Waals surface area contributed by atoms with Crippen molar-refractivity contribution in [3.8, 4) is 5.75 Å². The van der Waals surface area contributed by atoms with Crippen molar-refractivity contribution in [2.45, 2.75) is 6.42 Å². The second-order valence-electron chi connectivity index (χ2n) is 5.33. The van der Waals surface area contributed by atoms with Gasteiger partial charge in [0.15, 0.2) is 0 Å². The van der Waals surface area contributed by atoms with Crippen molar-refractivity contribution in [3.63, 3.8) is 0 Å². The second-order valence-corrected chi connectivity index (χ2v) is 5.74. The molecule has 6 heteroatoms. The summed E-state index contributed by atoms with van der Waals surface area (Å²) in [5, 5.41) is 3.14. The smallest absolute Gasteiger partial charge is 0.407 e. The zero-order valence-corrected chi connectivity index (χ0v) is 14.9. The van der Waals surface area contributed by atoms with Gasteiger partial charge in [-0.25, -0.2) is 4.79 Å². The number of hydrogen-bond donors (Lipinski definition) is 1. The fourth-order valence-corrected chi connectivity index (χ4v) is 2.44. The third-order valence-electron chi connectivity index (χ3n) is 3.40. The van der Waals surface area contributed by atoms with Crippen molar-refractivity contribution in [1.29, 1.82) is 0 Å². The van der Waals surface area contributed by atoms with Crippen LogP contribution in [0.2, 0.25) is 5.02 Å². The van der Waals surface area contributed by atoms with Gasteiger partial charge in [0.05, 0.1) is 18.2 Å². The molecule has 0 heterocycles. The van der Waals surface area contributed by atoms with E-state index in [0.29, 0.717) is 30.5 Å². The Morgan fingerprint density at radius 2 is 1.84 bits per heavy atom. The second kappa shape index (κ2) is 10.6. The molecule has 0 aliphatic heterocycles. The number of carbonyl (C=O) groups is 1. The highest BCUT2D eigenvalue weighted by atomic mass is 35.5. The van der Waals surface area contributed by atoms with Gasteiger partial charge in [-0.05, 0) is 29.7 Å². The van der Waals surface area contributed by atoms with Crippen LogP contribution in [0.25, 0.3) is 0 Å². The van der Waals surface area contributed by atoms with E-state index in [-0.39, 0.29) is 6.61 Å². The quantitative estimate of drug-likeness (QED) is 0.690. The summed E-state index contributed by atoms with van der Waals surface area (Å²) in [5.74, 6) is 0.591. The van der Waals surface area contributed by atoms with Crippen molar-refractivity contribution in [2.24, 2.45) is 0 Å². The molecule has 0 radical (unpaired) electrons. The van der Waals surface area contributed by atoms with Crippen LogP contribution in [0.1, 0.15) is 11.1 Å². The van der Waals surface area contributed by atoms with Crippen LogP contribution in [0, 0.1) is 0 Å². The molecular formula is C19H22ClNO4. The van der Waals surface area contributed by atoms with E-state index < -0.39 is 6.09 Å². The van der Waals surface area contributed by atoms with Crippen LogP contribution in [-0.4, -0.2) is 39.6 Å². The largest absolute Gasteiger partial charge is 0.490 e. The number of carbonyl (C=O) groups excluding carboxylic acids is 1. The SMILES string of the molecule is COCCOC(=O)NCCOc1ccc(Cc2ccccc2)cc1Cl. The van der Waals surface area contributed by atoms with E-state index in [2.05, 4.69) is 17.4 Å². The number of rotatable bonds is 9. The number of alkyl carbamates (subject to hydrolysis) is 1. The molecule has 0 aliphatic rings. The van der Waals surface area contributed by atoms with Gasteiger partial charge >= 0.3 is 6.09 Å². The van der Waals surface area contributed by atoms with Crippen molar-refractivity contribution in [1.82, 2.24) is 5.32 Å². The first-order valence-corrected chi connectivity index (χ1v) is 8.41. The molecule has 1 amide bonds. The van der Waals surface area contributed by atoms with Gasteiger partial charge in [-0.15, -0.1) is 0 Å². The molecule has 1 N–H and O–H groups in total. The molecule has 0 aliphatic carbocycles. The molecule has 0 atom stereocenters. The van der Waals surface area contributed by atoms with E-state index in [1.165, 1.54) is 5.56 Å². The summed E-state index contributed by atoms with van der Waals surface area (Å²) in [4.78, 5) is 11.3. The highest BCUT2D eigenvalue weighted by Gasteiger charge is 2.05. The van der Waals surface area contributed by atoms with Gasteiger partial charge in [0.1, 0.15) is 19.0 Å². The van der Waals surface area contributed by atoms with Gasteiger partial charge in [-0.3, -0.25) is 0 Å². The van der Waals surface area contributed by atoms with Crippen LogP contribution in [0.5, 0.6) is 5.75 Å². The Labute approximate surface area is 152 Å². The van der Waals surface area contributed by atoms with E-state index in [4.69, 9.17) is 25.8 Å². The Morgan fingerprint density at radius 1 is 1.04 bits per heavy atom. The average Bonchev–Trinajstić information content (AvgIpc) is 2.61. The van der Waals surface area contributed by atoms with Crippen LogP contribution >= 0.6 is 11.6 Å². The lowest BCUT2D eigenvalue weighted by atomic mass is 10.1. The number of nitrogens with one attached hydrogen (secondary N) is 1.